The Hall–Kier alpha value is -3.80. The van der Waals surface area contributed by atoms with E-state index in [1.807, 2.05) is 24.3 Å². The maximum absolute atomic E-state index is 13.2. The van der Waals surface area contributed by atoms with Crippen LogP contribution in [-0.2, 0) is 9.59 Å². The third kappa shape index (κ3) is 5.02. The largest absolute Gasteiger partial charge is 0.507 e. The van der Waals surface area contributed by atoms with Gasteiger partial charge in [0.25, 0.3) is 11.7 Å². The number of benzene rings is 2. The molecular weight excluding hydrogens is 442 g/mol. The molecule has 6 heteroatoms. The highest BCUT2D eigenvalue weighted by Crippen LogP contribution is 2.42. The van der Waals surface area contributed by atoms with Crippen LogP contribution in [0.4, 0.5) is 5.69 Å². The van der Waals surface area contributed by atoms with Crippen LogP contribution in [0.25, 0.3) is 5.76 Å². The summed E-state index contributed by atoms with van der Waals surface area (Å²) in [6, 6.07) is 16.9. The number of unbranched alkanes of at least 4 members (excludes halogenated alkanes) is 2. The molecule has 3 aromatic rings. The van der Waals surface area contributed by atoms with E-state index in [0.29, 0.717) is 35.3 Å². The number of anilines is 1. The van der Waals surface area contributed by atoms with Gasteiger partial charge in [0.15, 0.2) is 0 Å². The van der Waals surface area contributed by atoms with E-state index in [4.69, 9.17) is 9.15 Å². The van der Waals surface area contributed by atoms with Gasteiger partial charge in [0.1, 0.15) is 23.3 Å². The fourth-order valence-electron chi connectivity index (χ4n) is 4.24. The van der Waals surface area contributed by atoms with E-state index in [9.17, 15) is 14.7 Å². The van der Waals surface area contributed by atoms with Crippen LogP contribution in [0.5, 0.6) is 5.75 Å². The number of ketones is 1. The normalized spacial score (nSPS) is 17.4. The third-order valence-corrected chi connectivity index (χ3v) is 6.24. The Kier molecular flexibility index (Phi) is 7.39. The van der Waals surface area contributed by atoms with E-state index in [0.717, 1.165) is 24.8 Å². The second-order valence-electron chi connectivity index (χ2n) is 9.01. The van der Waals surface area contributed by atoms with Gasteiger partial charge in [0.05, 0.1) is 18.4 Å². The van der Waals surface area contributed by atoms with E-state index in [1.165, 1.54) is 11.2 Å². The fraction of sp³-hybridized carbons (Fsp3) is 0.310. The molecule has 0 aliphatic carbocycles. The summed E-state index contributed by atoms with van der Waals surface area (Å²) in [7, 11) is 0. The van der Waals surface area contributed by atoms with E-state index >= 15 is 0 Å². The summed E-state index contributed by atoms with van der Waals surface area (Å²) < 4.78 is 11.4. The van der Waals surface area contributed by atoms with Gasteiger partial charge in [-0.2, -0.15) is 0 Å². The summed E-state index contributed by atoms with van der Waals surface area (Å²) in [5, 5.41) is 11.2. The summed E-state index contributed by atoms with van der Waals surface area (Å²) in [4.78, 5) is 27.7. The lowest BCUT2D eigenvalue weighted by Crippen LogP contribution is -2.29. The second kappa shape index (κ2) is 10.6. The molecule has 1 atom stereocenters. The predicted molar refractivity (Wildman–Crippen MR) is 135 cm³/mol. The number of amides is 1. The molecule has 6 nitrogen and oxygen atoms in total. The molecule has 182 valence electrons. The Morgan fingerprint density at radius 3 is 2.34 bits per heavy atom. The van der Waals surface area contributed by atoms with Crippen molar-refractivity contribution in [3.63, 3.8) is 0 Å². The minimum absolute atomic E-state index is 0.00509. The van der Waals surface area contributed by atoms with Crippen molar-refractivity contribution in [3.8, 4) is 5.75 Å². The number of furan rings is 1. The summed E-state index contributed by atoms with van der Waals surface area (Å²) in [5.41, 5.74) is 2.11. The van der Waals surface area contributed by atoms with Crippen LogP contribution in [0.15, 0.2) is 76.9 Å². The van der Waals surface area contributed by atoms with E-state index < -0.39 is 17.7 Å². The highest BCUT2D eigenvalue weighted by Gasteiger charge is 2.48. The molecule has 0 radical (unpaired) electrons. The Labute approximate surface area is 205 Å². The average Bonchev–Trinajstić information content (AvgIpc) is 3.49. The molecular formula is C29H31NO5. The standard InChI is InChI=1S/C29H31NO5/c1-4-5-6-17-34-23-15-11-21(12-16-23)27(31)25-26(24-8-7-18-35-24)30(29(33)28(25)32)22-13-9-20(10-14-22)19(2)3/h7-16,18-19,26,31H,4-6,17H2,1-3H3/b27-25-. The monoisotopic (exact) mass is 473 g/mol. The Balaban J connectivity index is 1.70. The highest BCUT2D eigenvalue weighted by molar-refractivity contribution is 6.51. The first kappa shape index (κ1) is 24.3. The van der Waals surface area contributed by atoms with Crippen LogP contribution in [0.3, 0.4) is 0 Å². The molecule has 1 aromatic heterocycles. The zero-order valence-electron chi connectivity index (χ0n) is 20.4. The molecule has 1 fully saturated rings. The van der Waals surface area contributed by atoms with Crippen molar-refractivity contribution in [1.82, 2.24) is 0 Å². The van der Waals surface area contributed by atoms with Crippen LogP contribution in [0, 0.1) is 0 Å². The molecule has 1 amide bonds. The van der Waals surface area contributed by atoms with Gasteiger partial charge in [0, 0.05) is 11.3 Å². The number of rotatable bonds is 9. The molecule has 4 rings (SSSR count). The lowest BCUT2D eigenvalue weighted by molar-refractivity contribution is -0.132. The zero-order chi connectivity index (χ0) is 24.9. The number of aliphatic hydroxyl groups is 1. The summed E-state index contributed by atoms with van der Waals surface area (Å²) >= 11 is 0. The number of Topliss-reactive ketones (excluding diaryl/α,β-unsaturated/α-hetero) is 1. The SMILES string of the molecule is CCCCCOc1ccc(/C(O)=C2/C(=O)C(=O)N(c3ccc(C(C)C)cc3)C2c2ccco2)cc1. The van der Waals surface area contributed by atoms with Crippen molar-refractivity contribution in [1.29, 1.82) is 0 Å². The van der Waals surface area contributed by atoms with Crippen LogP contribution in [-0.4, -0.2) is 23.4 Å². The molecule has 1 saturated heterocycles. The molecule has 1 N–H and O–H groups in total. The number of nitrogens with zero attached hydrogens (tertiary/aromatic N) is 1. The second-order valence-corrected chi connectivity index (χ2v) is 9.01. The molecule has 1 aliphatic rings. The molecule has 0 saturated carbocycles. The van der Waals surface area contributed by atoms with Gasteiger partial charge in [-0.15, -0.1) is 0 Å². The fourth-order valence-corrected chi connectivity index (χ4v) is 4.24. The van der Waals surface area contributed by atoms with E-state index in [-0.39, 0.29) is 11.3 Å². The van der Waals surface area contributed by atoms with Crippen LogP contribution in [0.2, 0.25) is 0 Å². The summed E-state index contributed by atoms with van der Waals surface area (Å²) in [6.45, 7) is 6.94. The van der Waals surface area contributed by atoms with Crippen molar-refractivity contribution >= 4 is 23.1 Å². The number of ether oxygens (including phenoxy) is 1. The van der Waals surface area contributed by atoms with Crippen molar-refractivity contribution in [2.24, 2.45) is 0 Å². The van der Waals surface area contributed by atoms with Gasteiger partial charge in [-0.1, -0.05) is 45.7 Å². The van der Waals surface area contributed by atoms with Gasteiger partial charge in [0.2, 0.25) is 0 Å². The maximum Gasteiger partial charge on any atom is 0.300 e. The first-order valence-electron chi connectivity index (χ1n) is 12.1. The van der Waals surface area contributed by atoms with Crippen molar-refractivity contribution in [2.45, 2.75) is 52.0 Å². The Bertz CT molecular complexity index is 1190. The van der Waals surface area contributed by atoms with Gasteiger partial charge >= 0.3 is 0 Å². The third-order valence-electron chi connectivity index (χ3n) is 6.24. The number of hydrogen-bond donors (Lipinski definition) is 1. The lowest BCUT2D eigenvalue weighted by atomic mass is 9.98. The highest BCUT2D eigenvalue weighted by atomic mass is 16.5. The minimum Gasteiger partial charge on any atom is -0.507 e. The molecule has 0 bridgehead atoms. The minimum atomic E-state index is -0.875. The first-order valence-corrected chi connectivity index (χ1v) is 12.1. The Morgan fingerprint density at radius 1 is 1.03 bits per heavy atom. The van der Waals surface area contributed by atoms with Gasteiger partial charge in [-0.3, -0.25) is 14.5 Å². The van der Waals surface area contributed by atoms with Crippen molar-refractivity contribution in [2.75, 3.05) is 11.5 Å². The number of carbonyl (C=O) groups is 2. The van der Waals surface area contributed by atoms with Crippen LogP contribution >= 0.6 is 0 Å². The number of carbonyl (C=O) groups excluding carboxylic acids is 2. The molecule has 1 unspecified atom stereocenters. The molecule has 2 aromatic carbocycles. The van der Waals surface area contributed by atoms with Crippen molar-refractivity contribution < 1.29 is 23.8 Å². The van der Waals surface area contributed by atoms with Gasteiger partial charge in [-0.05, 0) is 66.4 Å². The lowest BCUT2D eigenvalue weighted by Gasteiger charge is -2.23. The average molecular weight is 474 g/mol. The summed E-state index contributed by atoms with van der Waals surface area (Å²) in [6.07, 6.45) is 4.68. The molecule has 1 aliphatic heterocycles. The van der Waals surface area contributed by atoms with Crippen LogP contribution in [0.1, 0.15) is 68.9 Å². The quantitative estimate of drug-likeness (QED) is 0.164. The first-order chi connectivity index (χ1) is 16.9. The smallest absolute Gasteiger partial charge is 0.300 e. The van der Waals surface area contributed by atoms with Gasteiger partial charge < -0.3 is 14.3 Å². The topological polar surface area (TPSA) is 80.0 Å². The molecule has 35 heavy (non-hydrogen) atoms. The van der Waals surface area contributed by atoms with Crippen LogP contribution < -0.4 is 9.64 Å². The molecule has 0 spiro atoms. The molecule has 2 heterocycles. The maximum atomic E-state index is 13.2. The van der Waals surface area contributed by atoms with E-state index in [1.54, 1.807) is 36.4 Å². The van der Waals surface area contributed by atoms with Gasteiger partial charge in [-0.25, -0.2) is 0 Å². The number of hydrogen-bond acceptors (Lipinski definition) is 5. The number of aliphatic hydroxyl groups excluding tert-OH is 1. The predicted octanol–water partition coefficient (Wildman–Crippen LogP) is 6.60. The van der Waals surface area contributed by atoms with E-state index in [2.05, 4.69) is 20.8 Å². The zero-order valence-corrected chi connectivity index (χ0v) is 20.4. The Morgan fingerprint density at radius 2 is 1.74 bits per heavy atom. The van der Waals surface area contributed by atoms with Crippen molar-refractivity contribution in [3.05, 3.63) is 89.4 Å². The summed E-state index contributed by atoms with van der Waals surface area (Å²) in [5.74, 6) is -0.291.